The van der Waals surface area contributed by atoms with Crippen molar-refractivity contribution in [2.75, 3.05) is 18.5 Å². The highest BCUT2D eigenvalue weighted by molar-refractivity contribution is 5.96. The molecule has 4 rings (SSSR count). The lowest BCUT2D eigenvalue weighted by atomic mass is 10.0. The molecule has 0 saturated heterocycles. The molecule has 142 valence electrons. The van der Waals surface area contributed by atoms with Crippen LogP contribution in [0.3, 0.4) is 0 Å². The lowest BCUT2D eigenvalue weighted by Crippen LogP contribution is -2.35. The van der Waals surface area contributed by atoms with Crippen LogP contribution in [0, 0.1) is 5.92 Å². The van der Waals surface area contributed by atoms with Crippen molar-refractivity contribution in [2.45, 2.75) is 44.6 Å². The Bertz CT molecular complexity index is 809. The van der Waals surface area contributed by atoms with Gasteiger partial charge in [0, 0.05) is 37.1 Å². The fourth-order valence-corrected chi connectivity index (χ4v) is 4.09. The molecular formula is C21H26N4O2. The van der Waals surface area contributed by atoms with Gasteiger partial charge in [-0.15, -0.1) is 0 Å². The van der Waals surface area contributed by atoms with E-state index in [-0.39, 0.29) is 24.5 Å². The van der Waals surface area contributed by atoms with Crippen LogP contribution >= 0.6 is 0 Å². The molecule has 1 fully saturated rings. The fourth-order valence-electron chi connectivity index (χ4n) is 4.09. The monoisotopic (exact) mass is 366 g/mol. The summed E-state index contributed by atoms with van der Waals surface area (Å²) in [5, 5.41) is 16.0. The third-order valence-electron chi connectivity index (χ3n) is 5.62. The summed E-state index contributed by atoms with van der Waals surface area (Å²) in [5.41, 5.74) is 2.64. The number of rotatable bonds is 6. The molecule has 1 saturated carbocycles. The van der Waals surface area contributed by atoms with E-state index in [9.17, 15) is 9.90 Å². The largest absolute Gasteiger partial charge is 0.396 e. The van der Waals surface area contributed by atoms with Gasteiger partial charge in [-0.1, -0.05) is 36.8 Å². The summed E-state index contributed by atoms with van der Waals surface area (Å²) >= 11 is 0. The van der Waals surface area contributed by atoms with Crippen LogP contribution in [0.25, 0.3) is 0 Å². The zero-order chi connectivity index (χ0) is 18.6. The Labute approximate surface area is 159 Å². The van der Waals surface area contributed by atoms with E-state index in [1.165, 1.54) is 5.56 Å². The van der Waals surface area contributed by atoms with Crippen molar-refractivity contribution in [3.8, 4) is 0 Å². The van der Waals surface area contributed by atoms with Gasteiger partial charge in [0.2, 0.25) is 0 Å². The SMILES string of the molecule is O=C1NCCc2c(N[C@H]3CCC[C@H]3CO)nc(CCc3ccccc3)nc21. The van der Waals surface area contributed by atoms with Crippen LogP contribution < -0.4 is 10.6 Å². The first-order valence-electron chi connectivity index (χ1n) is 9.84. The van der Waals surface area contributed by atoms with Crippen LogP contribution in [0.4, 0.5) is 5.82 Å². The molecule has 1 aromatic heterocycles. The molecule has 27 heavy (non-hydrogen) atoms. The number of fused-ring (bicyclic) bond motifs is 1. The number of nitrogens with one attached hydrogen (secondary N) is 2. The number of aryl methyl sites for hydroxylation is 2. The minimum Gasteiger partial charge on any atom is -0.396 e. The van der Waals surface area contributed by atoms with E-state index >= 15 is 0 Å². The second-order valence-electron chi connectivity index (χ2n) is 7.43. The van der Waals surface area contributed by atoms with Gasteiger partial charge in [-0.2, -0.15) is 0 Å². The normalized spacial score (nSPS) is 21.6. The second-order valence-corrected chi connectivity index (χ2v) is 7.43. The quantitative estimate of drug-likeness (QED) is 0.729. The summed E-state index contributed by atoms with van der Waals surface area (Å²) in [6.45, 7) is 0.799. The number of anilines is 1. The van der Waals surface area contributed by atoms with Gasteiger partial charge < -0.3 is 15.7 Å². The highest BCUT2D eigenvalue weighted by atomic mass is 16.3. The van der Waals surface area contributed by atoms with E-state index < -0.39 is 0 Å². The van der Waals surface area contributed by atoms with Gasteiger partial charge >= 0.3 is 0 Å². The lowest BCUT2D eigenvalue weighted by molar-refractivity contribution is 0.0940. The van der Waals surface area contributed by atoms with E-state index in [2.05, 4.69) is 27.8 Å². The van der Waals surface area contributed by atoms with Crippen molar-refractivity contribution < 1.29 is 9.90 Å². The predicted octanol–water partition coefficient (Wildman–Crippen LogP) is 2.12. The van der Waals surface area contributed by atoms with Gasteiger partial charge in [0.1, 0.15) is 17.3 Å². The van der Waals surface area contributed by atoms with Crippen LogP contribution in [0.15, 0.2) is 30.3 Å². The Morgan fingerprint density at radius 1 is 1.15 bits per heavy atom. The van der Waals surface area contributed by atoms with Crippen molar-refractivity contribution in [2.24, 2.45) is 5.92 Å². The number of aromatic nitrogens is 2. The number of amides is 1. The van der Waals surface area contributed by atoms with Gasteiger partial charge in [0.25, 0.3) is 5.91 Å². The second kappa shape index (κ2) is 8.05. The molecule has 2 atom stereocenters. The maximum absolute atomic E-state index is 12.4. The molecule has 3 N–H and O–H groups in total. The fraction of sp³-hybridized carbons (Fsp3) is 0.476. The number of hydrogen-bond acceptors (Lipinski definition) is 5. The van der Waals surface area contributed by atoms with Gasteiger partial charge in [0.05, 0.1) is 0 Å². The summed E-state index contributed by atoms with van der Waals surface area (Å²) in [6.07, 6.45) is 5.42. The Hall–Kier alpha value is -2.47. The zero-order valence-electron chi connectivity index (χ0n) is 15.4. The molecule has 0 radical (unpaired) electrons. The maximum Gasteiger partial charge on any atom is 0.270 e. The molecule has 6 nitrogen and oxygen atoms in total. The molecule has 1 aliphatic heterocycles. The Morgan fingerprint density at radius 3 is 2.81 bits per heavy atom. The third kappa shape index (κ3) is 3.95. The van der Waals surface area contributed by atoms with Crippen LogP contribution in [-0.2, 0) is 19.3 Å². The number of benzene rings is 1. The van der Waals surface area contributed by atoms with Crippen LogP contribution in [-0.4, -0.2) is 40.2 Å². The summed E-state index contributed by atoms with van der Waals surface area (Å²) < 4.78 is 0. The molecule has 1 aliphatic carbocycles. The highest BCUT2D eigenvalue weighted by Crippen LogP contribution is 2.30. The first-order chi connectivity index (χ1) is 13.2. The van der Waals surface area contributed by atoms with Gasteiger partial charge in [-0.25, -0.2) is 9.97 Å². The number of aliphatic hydroxyl groups is 1. The predicted molar refractivity (Wildman–Crippen MR) is 104 cm³/mol. The summed E-state index contributed by atoms with van der Waals surface area (Å²) in [7, 11) is 0. The number of aliphatic hydroxyl groups excluding tert-OH is 1. The molecule has 1 aromatic carbocycles. The third-order valence-corrected chi connectivity index (χ3v) is 5.62. The van der Waals surface area contributed by atoms with E-state index in [0.717, 1.165) is 43.5 Å². The van der Waals surface area contributed by atoms with Gasteiger partial charge in [-0.05, 0) is 31.2 Å². The molecule has 0 unspecified atom stereocenters. The van der Waals surface area contributed by atoms with E-state index in [4.69, 9.17) is 4.98 Å². The molecule has 0 bridgehead atoms. The molecule has 2 aromatic rings. The average Bonchev–Trinajstić information content (AvgIpc) is 3.15. The molecular weight excluding hydrogens is 340 g/mol. The maximum atomic E-state index is 12.4. The number of carbonyl (C=O) groups is 1. The number of carbonyl (C=O) groups excluding carboxylic acids is 1. The smallest absolute Gasteiger partial charge is 0.270 e. The van der Waals surface area contributed by atoms with Crippen LogP contribution in [0.2, 0.25) is 0 Å². The minimum absolute atomic E-state index is 0.118. The molecule has 1 amide bonds. The Balaban J connectivity index is 1.60. The number of hydrogen-bond donors (Lipinski definition) is 3. The van der Waals surface area contributed by atoms with Crippen molar-refractivity contribution in [3.05, 3.63) is 53.0 Å². The highest BCUT2D eigenvalue weighted by Gasteiger charge is 2.30. The molecule has 2 aliphatic rings. The molecule has 6 heteroatoms. The minimum atomic E-state index is -0.118. The van der Waals surface area contributed by atoms with Crippen molar-refractivity contribution >= 4 is 11.7 Å². The van der Waals surface area contributed by atoms with Gasteiger partial charge in [-0.3, -0.25) is 4.79 Å². The zero-order valence-corrected chi connectivity index (χ0v) is 15.4. The average molecular weight is 366 g/mol. The first kappa shape index (κ1) is 17.9. The van der Waals surface area contributed by atoms with Crippen LogP contribution in [0.5, 0.6) is 0 Å². The lowest BCUT2D eigenvalue weighted by Gasteiger charge is -2.24. The number of nitrogens with zero attached hydrogens (tertiary/aromatic N) is 2. The van der Waals surface area contributed by atoms with Crippen molar-refractivity contribution in [1.29, 1.82) is 0 Å². The molecule has 0 spiro atoms. The van der Waals surface area contributed by atoms with E-state index in [0.29, 0.717) is 24.5 Å². The topological polar surface area (TPSA) is 87.1 Å². The standard InChI is InChI=1S/C21H26N4O2/c26-13-15-7-4-8-17(15)23-20-16-11-12-22-21(27)19(16)24-18(25-20)10-9-14-5-2-1-3-6-14/h1-3,5-6,15,17,26H,4,7-13H2,(H,22,27)(H,23,24,25)/t15-,17-/m0/s1. The molecule has 2 heterocycles. The first-order valence-corrected chi connectivity index (χ1v) is 9.84. The summed E-state index contributed by atoms with van der Waals surface area (Å²) in [5.74, 6) is 1.60. The Morgan fingerprint density at radius 2 is 2.00 bits per heavy atom. The Kier molecular flexibility index (Phi) is 5.34. The van der Waals surface area contributed by atoms with E-state index in [1.807, 2.05) is 18.2 Å². The summed E-state index contributed by atoms with van der Waals surface area (Å²) in [4.78, 5) is 21.7. The van der Waals surface area contributed by atoms with Crippen molar-refractivity contribution in [1.82, 2.24) is 15.3 Å². The van der Waals surface area contributed by atoms with E-state index in [1.54, 1.807) is 0 Å². The van der Waals surface area contributed by atoms with Crippen molar-refractivity contribution in [3.63, 3.8) is 0 Å². The van der Waals surface area contributed by atoms with Crippen LogP contribution in [0.1, 0.15) is 46.7 Å². The summed E-state index contributed by atoms with van der Waals surface area (Å²) in [6, 6.07) is 10.5. The van der Waals surface area contributed by atoms with Gasteiger partial charge in [0.15, 0.2) is 0 Å².